The zero-order valence-corrected chi connectivity index (χ0v) is 17.3. The van der Waals surface area contributed by atoms with E-state index in [4.69, 9.17) is 4.74 Å². The number of amides is 2. The summed E-state index contributed by atoms with van der Waals surface area (Å²) in [7, 11) is 0. The molecule has 2 aromatic rings. The average Bonchev–Trinajstić information content (AvgIpc) is 2.80. The molecule has 2 amide bonds. The van der Waals surface area contributed by atoms with Gasteiger partial charge < -0.3 is 19.6 Å². The van der Waals surface area contributed by atoms with E-state index in [1.165, 1.54) is 0 Å². The van der Waals surface area contributed by atoms with E-state index < -0.39 is 0 Å². The monoisotopic (exact) mass is 422 g/mol. The summed E-state index contributed by atoms with van der Waals surface area (Å²) in [6, 6.07) is 10.9. The number of aliphatic hydroxyl groups is 1. The zero-order valence-electron chi connectivity index (χ0n) is 17.3. The third-order valence-electron chi connectivity index (χ3n) is 6.59. The van der Waals surface area contributed by atoms with Gasteiger partial charge in [-0.2, -0.15) is 0 Å². The smallest absolute Gasteiger partial charge is 0.259 e. The lowest BCUT2D eigenvalue weighted by Gasteiger charge is -2.59. The minimum absolute atomic E-state index is 0.00430. The number of carbonyl (C=O) groups excluding carboxylic acids is 2. The number of carbonyl (C=O) groups is 2. The molecule has 3 aliphatic heterocycles. The average molecular weight is 422 g/mol. The first-order valence-corrected chi connectivity index (χ1v) is 10.7. The van der Waals surface area contributed by atoms with Crippen molar-refractivity contribution in [3.63, 3.8) is 0 Å². The molecule has 31 heavy (non-hydrogen) atoms. The summed E-state index contributed by atoms with van der Waals surface area (Å²) in [5.74, 6) is -0.116. The second-order valence-corrected chi connectivity index (χ2v) is 8.25. The molecule has 8 nitrogen and oxygen atoms in total. The molecule has 1 N–H and O–H groups in total. The van der Waals surface area contributed by atoms with Crippen molar-refractivity contribution < 1.29 is 19.4 Å². The predicted octanol–water partition coefficient (Wildman–Crippen LogP) is 0.729. The van der Waals surface area contributed by atoms with Crippen molar-refractivity contribution in [1.29, 1.82) is 0 Å². The van der Waals surface area contributed by atoms with Crippen LogP contribution in [-0.4, -0.2) is 89.8 Å². The maximum Gasteiger partial charge on any atom is 0.259 e. The van der Waals surface area contributed by atoms with Crippen LogP contribution in [0.4, 0.5) is 5.69 Å². The van der Waals surface area contributed by atoms with E-state index in [-0.39, 0.29) is 36.4 Å². The highest BCUT2D eigenvalue weighted by Gasteiger charge is 2.55. The normalized spacial score (nSPS) is 25.4. The number of aromatic nitrogens is 1. The number of nitrogens with zero attached hydrogens (tertiary/aromatic N) is 4. The van der Waals surface area contributed by atoms with Crippen LogP contribution in [0.2, 0.25) is 0 Å². The topological polar surface area (TPSA) is 86.2 Å². The number of pyridine rings is 1. The first-order valence-electron chi connectivity index (χ1n) is 10.7. The third-order valence-corrected chi connectivity index (χ3v) is 6.59. The molecule has 3 atom stereocenters. The fourth-order valence-corrected chi connectivity index (χ4v) is 5.10. The lowest BCUT2D eigenvalue weighted by molar-refractivity contribution is -0.152. The number of ether oxygens (including phenoxy) is 1. The molecular formula is C23H26N4O4. The van der Waals surface area contributed by atoms with Crippen molar-refractivity contribution in [3.8, 4) is 0 Å². The summed E-state index contributed by atoms with van der Waals surface area (Å²) < 4.78 is 5.38. The molecule has 1 aromatic carbocycles. The van der Waals surface area contributed by atoms with Gasteiger partial charge in [0.2, 0.25) is 5.91 Å². The number of hydrogen-bond donors (Lipinski definition) is 1. The van der Waals surface area contributed by atoms with Crippen LogP contribution < -0.4 is 4.90 Å². The van der Waals surface area contributed by atoms with E-state index in [0.717, 1.165) is 24.3 Å². The van der Waals surface area contributed by atoms with Gasteiger partial charge in [-0.05, 0) is 23.8 Å². The van der Waals surface area contributed by atoms with Crippen molar-refractivity contribution in [3.05, 3.63) is 59.9 Å². The van der Waals surface area contributed by atoms with Crippen molar-refractivity contribution >= 4 is 17.5 Å². The molecule has 8 heteroatoms. The van der Waals surface area contributed by atoms with Gasteiger partial charge in [-0.25, -0.2) is 0 Å². The number of hydrogen-bond acceptors (Lipinski definition) is 6. The first-order chi connectivity index (χ1) is 15.2. The summed E-state index contributed by atoms with van der Waals surface area (Å²) in [5.41, 5.74) is 2.36. The number of likely N-dealkylation sites (tertiary alicyclic amines) is 1. The van der Waals surface area contributed by atoms with Gasteiger partial charge in [-0.1, -0.05) is 18.2 Å². The SMILES string of the molecule is O=C(c1cccnc1)N1C[C@H]2[C@@H](c3ccccc31)[C@@H](CO)N2C(=O)CN1CCOCC1. The molecule has 0 spiro atoms. The zero-order chi connectivity index (χ0) is 21.4. The molecule has 4 heterocycles. The molecule has 0 aliphatic carbocycles. The van der Waals surface area contributed by atoms with Crippen LogP contribution in [-0.2, 0) is 9.53 Å². The number of aliphatic hydroxyl groups excluding tert-OH is 1. The van der Waals surface area contributed by atoms with Crippen LogP contribution >= 0.6 is 0 Å². The highest BCUT2D eigenvalue weighted by atomic mass is 16.5. The molecule has 1 aromatic heterocycles. The van der Waals surface area contributed by atoms with Crippen LogP contribution in [0.5, 0.6) is 0 Å². The summed E-state index contributed by atoms with van der Waals surface area (Å²) in [6.45, 7) is 3.33. The minimum Gasteiger partial charge on any atom is -0.394 e. The van der Waals surface area contributed by atoms with Crippen LogP contribution in [0.3, 0.4) is 0 Å². The molecule has 2 fully saturated rings. The highest BCUT2D eigenvalue weighted by molar-refractivity contribution is 6.07. The Bertz CT molecular complexity index is 963. The van der Waals surface area contributed by atoms with Crippen LogP contribution in [0.15, 0.2) is 48.8 Å². The van der Waals surface area contributed by atoms with Gasteiger partial charge in [0.15, 0.2) is 0 Å². The van der Waals surface area contributed by atoms with Crippen LogP contribution in [0.1, 0.15) is 21.8 Å². The summed E-state index contributed by atoms with van der Waals surface area (Å²) in [4.78, 5) is 36.2. The Hall–Kier alpha value is -2.81. The number of benzene rings is 1. The van der Waals surface area contributed by atoms with Crippen molar-refractivity contribution in [2.45, 2.75) is 18.0 Å². The molecule has 2 saturated heterocycles. The Morgan fingerprint density at radius 3 is 2.68 bits per heavy atom. The van der Waals surface area contributed by atoms with E-state index in [1.807, 2.05) is 24.3 Å². The highest BCUT2D eigenvalue weighted by Crippen LogP contribution is 2.48. The Morgan fingerprint density at radius 2 is 1.94 bits per heavy atom. The van der Waals surface area contributed by atoms with E-state index >= 15 is 0 Å². The van der Waals surface area contributed by atoms with Gasteiger partial charge in [-0.15, -0.1) is 0 Å². The van der Waals surface area contributed by atoms with Crippen molar-refractivity contribution in [2.75, 3.05) is 50.9 Å². The van der Waals surface area contributed by atoms with Gasteiger partial charge in [0.05, 0.1) is 44.0 Å². The molecular weight excluding hydrogens is 396 g/mol. The molecule has 0 radical (unpaired) electrons. The minimum atomic E-state index is -0.268. The predicted molar refractivity (Wildman–Crippen MR) is 114 cm³/mol. The van der Waals surface area contributed by atoms with E-state index in [2.05, 4.69) is 9.88 Å². The maximum absolute atomic E-state index is 13.3. The molecule has 3 aliphatic rings. The van der Waals surface area contributed by atoms with Gasteiger partial charge in [0, 0.05) is 43.6 Å². The molecule has 0 unspecified atom stereocenters. The van der Waals surface area contributed by atoms with Gasteiger partial charge in [-0.3, -0.25) is 19.5 Å². The molecule has 5 rings (SSSR count). The molecule has 162 valence electrons. The quantitative estimate of drug-likeness (QED) is 0.782. The Kier molecular flexibility index (Phi) is 5.43. The Morgan fingerprint density at radius 1 is 1.13 bits per heavy atom. The summed E-state index contributed by atoms with van der Waals surface area (Å²) >= 11 is 0. The number of fused-ring (bicyclic) bond motifs is 3. The molecule has 0 saturated carbocycles. The van der Waals surface area contributed by atoms with Crippen molar-refractivity contribution in [1.82, 2.24) is 14.8 Å². The maximum atomic E-state index is 13.3. The Balaban J connectivity index is 1.43. The first kappa shape index (κ1) is 20.1. The summed E-state index contributed by atoms with van der Waals surface area (Å²) in [6.07, 6.45) is 3.20. The molecule has 0 bridgehead atoms. The van der Waals surface area contributed by atoms with Gasteiger partial charge >= 0.3 is 0 Å². The van der Waals surface area contributed by atoms with Crippen molar-refractivity contribution in [2.24, 2.45) is 0 Å². The summed E-state index contributed by atoms with van der Waals surface area (Å²) in [5, 5.41) is 10.1. The van der Waals surface area contributed by atoms with Gasteiger partial charge in [0.25, 0.3) is 5.91 Å². The lowest BCUT2D eigenvalue weighted by atomic mass is 9.71. The van der Waals surface area contributed by atoms with E-state index in [0.29, 0.717) is 31.9 Å². The van der Waals surface area contributed by atoms with E-state index in [1.54, 1.807) is 34.3 Å². The second kappa shape index (κ2) is 8.37. The Labute approximate surface area is 181 Å². The number of morpholine rings is 1. The number of anilines is 1. The lowest BCUT2D eigenvalue weighted by Crippen LogP contribution is -2.71. The standard InChI is InChI=1S/C23H26N4O4/c28-15-20-22-17-5-1-2-6-18(17)26(23(30)16-4-3-7-24-12-16)13-19(22)27(20)21(29)14-25-8-10-31-11-9-25/h1-7,12,19-20,22,28H,8-11,13-15H2/t19-,20+,22+/m0/s1. The van der Waals surface area contributed by atoms with Crippen LogP contribution in [0, 0.1) is 0 Å². The number of rotatable bonds is 4. The van der Waals surface area contributed by atoms with E-state index in [9.17, 15) is 14.7 Å². The fourth-order valence-electron chi connectivity index (χ4n) is 5.10. The largest absolute Gasteiger partial charge is 0.394 e. The number of para-hydroxylation sites is 1. The second-order valence-electron chi connectivity index (χ2n) is 8.25. The van der Waals surface area contributed by atoms with Crippen LogP contribution in [0.25, 0.3) is 0 Å². The third kappa shape index (κ3) is 3.50. The fraction of sp³-hybridized carbons (Fsp3) is 0.435. The van der Waals surface area contributed by atoms with Gasteiger partial charge in [0.1, 0.15) is 0 Å².